The number of nitrogens with zero attached hydrogens (tertiary/aromatic N) is 2. The van der Waals surface area contributed by atoms with Gasteiger partial charge in [-0.05, 0) is 38.0 Å². The van der Waals surface area contributed by atoms with E-state index in [-0.39, 0.29) is 6.04 Å². The Morgan fingerprint density at radius 2 is 2.07 bits per heavy atom. The van der Waals surface area contributed by atoms with E-state index in [1.54, 1.807) is 0 Å². The lowest BCUT2D eigenvalue weighted by Gasteiger charge is -2.30. The molecule has 2 N–H and O–H groups in total. The molecule has 0 saturated carbocycles. The van der Waals surface area contributed by atoms with Crippen LogP contribution < -0.4 is 5.73 Å². The summed E-state index contributed by atoms with van der Waals surface area (Å²) in [5.41, 5.74) is 7.47. The van der Waals surface area contributed by atoms with Crippen LogP contribution in [0.4, 0.5) is 0 Å². The molecule has 3 heteroatoms. The van der Waals surface area contributed by atoms with E-state index in [0.29, 0.717) is 12.1 Å². The van der Waals surface area contributed by atoms with Gasteiger partial charge in [-0.2, -0.15) is 0 Å². The van der Waals surface area contributed by atoms with Gasteiger partial charge >= 0.3 is 0 Å². The van der Waals surface area contributed by atoms with Crippen LogP contribution in [0.1, 0.15) is 31.9 Å². The zero-order chi connectivity index (χ0) is 10.8. The van der Waals surface area contributed by atoms with Crippen LogP contribution in [-0.2, 0) is 0 Å². The molecule has 0 unspecified atom stereocenters. The third-order valence-corrected chi connectivity index (χ3v) is 3.19. The molecular weight excluding hydrogens is 186 g/mol. The smallest absolute Gasteiger partial charge is 0.0503 e. The molecular formula is C12H19N3. The van der Waals surface area contributed by atoms with Crippen molar-refractivity contribution in [1.82, 2.24) is 9.88 Å². The van der Waals surface area contributed by atoms with Crippen molar-refractivity contribution >= 4 is 0 Å². The summed E-state index contributed by atoms with van der Waals surface area (Å²) in [6, 6.07) is 5.33. The summed E-state index contributed by atoms with van der Waals surface area (Å²) in [7, 11) is 0. The minimum atomic E-state index is 0.259. The molecule has 1 saturated heterocycles. The molecule has 82 valence electrons. The lowest BCUT2D eigenvalue weighted by Crippen LogP contribution is -2.35. The zero-order valence-corrected chi connectivity index (χ0v) is 9.43. The molecule has 0 aromatic carbocycles. The van der Waals surface area contributed by atoms with Crippen LogP contribution in [-0.4, -0.2) is 28.5 Å². The number of pyridine rings is 1. The fourth-order valence-electron chi connectivity index (χ4n) is 2.42. The van der Waals surface area contributed by atoms with E-state index in [2.05, 4.69) is 35.9 Å². The van der Waals surface area contributed by atoms with Crippen molar-refractivity contribution < 1.29 is 0 Å². The van der Waals surface area contributed by atoms with E-state index in [4.69, 9.17) is 5.73 Å². The van der Waals surface area contributed by atoms with Crippen LogP contribution in [0.5, 0.6) is 0 Å². The standard InChI is InChI=1S/C12H19N3/c1-9(2)15-8-5-11(13)12(15)10-3-6-14-7-4-10/h3-4,6-7,9,11-12H,5,8,13H2,1-2H3/t11-,12+/m0/s1. The van der Waals surface area contributed by atoms with Crippen LogP contribution in [0, 0.1) is 0 Å². The lowest BCUT2D eigenvalue weighted by molar-refractivity contribution is 0.198. The van der Waals surface area contributed by atoms with Crippen LogP contribution in [0.3, 0.4) is 0 Å². The fourth-order valence-corrected chi connectivity index (χ4v) is 2.42. The average molecular weight is 205 g/mol. The van der Waals surface area contributed by atoms with E-state index in [0.717, 1.165) is 13.0 Å². The van der Waals surface area contributed by atoms with Crippen molar-refractivity contribution in [1.29, 1.82) is 0 Å². The molecule has 1 fully saturated rings. The van der Waals surface area contributed by atoms with Gasteiger partial charge in [-0.15, -0.1) is 0 Å². The predicted molar refractivity (Wildman–Crippen MR) is 61.4 cm³/mol. The Morgan fingerprint density at radius 3 is 2.67 bits per heavy atom. The summed E-state index contributed by atoms with van der Waals surface area (Å²) in [6.45, 7) is 5.56. The van der Waals surface area contributed by atoms with Crippen molar-refractivity contribution in [3.63, 3.8) is 0 Å². The van der Waals surface area contributed by atoms with Gasteiger partial charge < -0.3 is 5.73 Å². The van der Waals surface area contributed by atoms with Crippen molar-refractivity contribution in [2.24, 2.45) is 5.73 Å². The normalized spacial score (nSPS) is 27.5. The minimum absolute atomic E-state index is 0.259. The molecule has 0 aliphatic carbocycles. The van der Waals surface area contributed by atoms with Gasteiger partial charge in [0.05, 0.1) is 6.04 Å². The summed E-state index contributed by atoms with van der Waals surface area (Å²) in [5.74, 6) is 0. The summed E-state index contributed by atoms with van der Waals surface area (Å²) < 4.78 is 0. The molecule has 2 rings (SSSR count). The molecule has 1 aliphatic rings. The van der Waals surface area contributed by atoms with Gasteiger partial charge in [-0.25, -0.2) is 0 Å². The van der Waals surface area contributed by atoms with Crippen molar-refractivity contribution in [3.8, 4) is 0 Å². The molecule has 1 aromatic heterocycles. The van der Waals surface area contributed by atoms with E-state index in [9.17, 15) is 0 Å². The molecule has 1 aliphatic heterocycles. The van der Waals surface area contributed by atoms with E-state index in [1.807, 2.05) is 12.4 Å². The highest BCUT2D eigenvalue weighted by molar-refractivity contribution is 5.19. The van der Waals surface area contributed by atoms with Crippen molar-refractivity contribution in [3.05, 3.63) is 30.1 Å². The minimum Gasteiger partial charge on any atom is -0.326 e. The van der Waals surface area contributed by atoms with Crippen molar-refractivity contribution in [2.75, 3.05) is 6.54 Å². The Balaban J connectivity index is 2.25. The maximum absolute atomic E-state index is 6.18. The van der Waals surface area contributed by atoms with Gasteiger partial charge in [0.2, 0.25) is 0 Å². The molecule has 0 radical (unpaired) electrons. The summed E-state index contributed by atoms with van der Waals surface area (Å²) in [5, 5.41) is 0. The average Bonchev–Trinajstić information content (AvgIpc) is 2.61. The highest BCUT2D eigenvalue weighted by atomic mass is 15.2. The quantitative estimate of drug-likeness (QED) is 0.796. The summed E-state index contributed by atoms with van der Waals surface area (Å²) in [4.78, 5) is 6.52. The fraction of sp³-hybridized carbons (Fsp3) is 0.583. The largest absolute Gasteiger partial charge is 0.326 e. The molecule has 0 bridgehead atoms. The number of rotatable bonds is 2. The third-order valence-electron chi connectivity index (χ3n) is 3.19. The highest BCUT2D eigenvalue weighted by Gasteiger charge is 2.33. The Labute approximate surface area is 91.3 Å². The van der Waals surface area contributed by atoms with E-state index in [1.165, 1.54) is 5.56 Å². The molecule has 0 spiro atoms. The number of hydrogen-bond donors (Lipinski definition) is 1. The van der Waals surface area contributed by atoms with Crippen LogP contribution in [0.2, 0.25) is 0 Å². The second-order valence-corrected chi connectivity index (χ2v) is 4.51. The number of hydrogen-bond acceptors (Lipinski definition) is 3. The third kappa shape index (κ3) is 2.03. The summed E-state index contributed by atoms with van der Waals surface area (Å²) >= 11 is 0. The molecule has 3 nitrogen and oxygen atoms in total. The Hall–Kier alpha value is -0.930. The van der Waals surface area contributed by atoms with Gasteiger partial charge in [-0.3, -0.25) is 9.88 Å². The Morgan fingerprint density at radius 1 is 1.40 bits per heavy atom. The maximum Gasteiger partial charge on any atom is 0.0503 e. The predicted octanol–water partition coefficient (Wildman–Crippen LogP) is 1.56. The first kappa shape index (κ1) is 10.6. The molecule has 15 heavy (non-hydrogen) atoms. The summed E-state index contributed by atoms with van der Waals surface area (Å²) in [6.07, 6.45) is 4.78. The van der Waals surface area contributed by atoms with Gasteiger partial charge in [0.15, 0.2) is 0 Å². The SMILES string of the molecule is CC(C)N1CC[C@H](N)[C@H]1c1ccncc1. The first-order valence-electron chi connectivity index (χ1n) is 5.61. The first-order valence-corrected chi connectivity index (χ1v) is 5.61. The Bertz CT molecular complexity index is 310. The van der Waals surface area contributed by atoms with E-state index < -0.39 is 0 Å². The zero-order valence-electron chi connectivity index (χ0n) is 9.43. The number of nitrogens with two attached hydrogens (primary N) is 1. The second-order valence-electron chi connectivity index (χ2n) is 4.51. The van der Waals surface area contributed by atoms with Gasteiger partial charge in [0, 0.05) is 31.0 Å². The molecule has 1 aromatic rings. The van der Waals surface area contributed by atoms with E-state index >= 15 is 0 Å². The van der Waals surface area contributed by atoms with Gasteiger partial charge in [0.1, 0.15) is 0 Å². The molecule has 2 atom stereocenters. The molecule has 0 amide bonds. The highest BCUT2D eigenvalue weighted by Crippen LogP contribution is 2.32. The van der Waals surface area contributed by atoms with Crippen molar-refractivity contribution in [2.45, 2.75) is 38.4 Å². The number of aromatic nitrogens is 1. The van der Waals surface area contributed by atoms with Crippen LogP contribution in [0.25, 0.3) is 0 Å². The second kappa shape index (κ2) is 4.29. The van der Waals surface area contributed by atoms with Crippen LogP contribution >= 0.6 is 0 Å². The lowest BCUT2D eigenvalue weighted by atomic mass is 10.0. The first-order chi connectivity index (χ1) is 7.20. The maximum atomic E-state index is 6.18. The monoisotopic (exact) mass is 205 g/mol. The Kier molecular flexibility index (Phi) is 3.03. The number of likely N-dealkylation sites (tertiary alicyclic amines) is 1. The molecule has 2 heterocycles. The van der Waals surface area contributed by atoms with Gasteiger partial charge in [0.25, 0.3) is 0 Å². The van der Waals surface area contributed by atoms with Crippen LogP contribution in [0.15, 0.2) is 24.5 Å². The van der Waals surface area contributed by atoms with Gasteiger partial charge in [-0.1, -0.05) is 0 Å². The topological polar surface area (TPSA) is 42.1 Å².